The Labute approximate surface area is 110 Å². The first-order chi connectivity index (χ1) is 7.99. The molecule has 1 aliphatic rings. The first kappa shape index (κ1) is 13.1. The van der Waals surface area contributed by atoms with Gasteiger partial charge in [-0.1, -0.05) is 6.42 Å². The molecule has 1 aliphatic carbocycles. The van der Waals surface area contributed by atoms with E-state index in [1.54, 1.807) is 0 Å². The minimum atomic E-state index is 0.255. The standard InChI is InChI=1S/C15H25NS/c1-14(2,3)16-12-15(7-4-8-15)9-5-13-6-10-17-11-13/h6,10-11,16H,4-5,7-9,12H2,1-3H3. The average molecular weight is 251 g/mol. The molecule has 1 fully saturated rings. The summed E-state index contributed by atoms with van der Waals surface area (Å²) in [6.07, 6.45) is 6.87. The summed E-state index contributed by atoms with van der Waals surface area (Å²) in [4.78, 5) is 0. The van der Waals surface area contributed by atoms with Gasteiger partial charge in [0.2, 0.25) is 0 Å². The summed E-state index contributed by atoms with van der Waals surface area (Å²) in [5, 5.41) is 8.18. The molecule has 0 amide bonds. The van der Waals surface area contributed by atoms with Crippen molar-refractivity contribution in [2.24, 2.45) is 5.41 Å². The van der Waals surface area contributed by atoms with Crippen molar-refractivity contribution in [3.8, 4) is 0 Å². The molecule has 0 radical (unpaired) electrons. The third-order valence-electron chi connectivity index (χ3n) is 3.93. The zero-order valence-corrected chi connectivity index (χ0v) is 12.2. The molecule has 0 saturated heterocycles. The monoisotopic (exact) mass is 251 g/mol. The van der Waals surface area contributed by atoms with Crippen LogP contribution in [0.3, 0.4) is 0 Å². The molecule has 2 rings (SSSR count). The van der Waals surface area contributed by atoms with Crippen LogP contribution in [0, 0.1) is 5.41 Å². The van der Waals surface area contributed by atoms with Gasteiger partial charge in [-0.2, -0.15) is 11.3 Å². The summed E-state index contributed by atoms with van der Waals surface area (Å²) >= 11 is 1.82. The molecule has 0 aromatic carbocycles. The Morgan fingerprint density at radius 3 is 2.59 bits per heavy atom. The topological polar surface area (TPSA) is 12.0 Å². The number of nitrogens with one attached hydrogen (secondary N) is 1. The van der Waals surface area contributed by atoms with E-state index in [4.69, 9.17) is 0 Å². The molecular weight excluding hydrogens is 226 g/mol. The highest BCUT2D eigenvalue weighted by Crippen LogP contribution is 2.44. The number of hydrogen-bond donors (Lipinski definition) is 1. The molecule has 1 aromatic heterocycles. The first-order valence-electron chi connectivity index (χ1n) is 6.75. The van der Waals surface area contributed by atoms with Crippen molar-refractivity contribution in [1.29, 1.82) is 0 Å². The van der Waals surface area contributed by atoms with Crippen LogP contribution in [0.1, 0.15) is 52.0 Å². The van der Waals surface area contributed by atoms with Crippen molar-refractivity contribution in [3.63, 3.8) is 0 Å². The summed E-state index contributed by atoms with van der Waals surface area (Å²) in [5.41, 5.74) is 2.37. The minimum absolute atomic E-state index is 0.255. The van der Waals surface area contributed by atoms with Gasteiger partial charge >= 0.3 is 0 Å². The van der Waals surface area contributed by atoms with E-state index in [2.05, 4.69) is 42.9 Å². The van der Waals surface area contributed by atoms with Crippen LogP contribution in [0.2, 0.25) is 0 Å². The molecule has 1 heterocycles. The fraction of sp³-hybridized carbons (Fsp3) is 0.733. The first-order valence-corrected chi connectivity index (χ1v) is 7.70. The number of aryl methyl sites for hydroxylation is 1. The summed E-state index contributed by atoms with van der Waals surface area (Å²) in [7, 11) is 0. The second kappa shape index (κ2) is 5.11. The lowest BCUT2D eigenvalue weighted by Crippen LogP contribution is -2.47. The van der Waals surface area contributed by atoms with Crippen LogP contribution < -0.4 is 5.32 Å². The molecular formula is C15H25NS. The van der Waals surface area contributed by atoms with Crippen molar-refractivity contribution in [3.05, 3.63) is 22.4 Å². The summed E-state index contributed by atoms with van der Waals surface area (Å²) in [5.74, 6) is 0. The molecule has 0 spiro atoms. The Morgan fingerprint density at radius 2 is 2.12 bits per heavy atom. The van der Waals surface area contributed by atoms with Crippen molar-refractivity contribution >= 4 is 11.3 Å². The van der Waals surface area contributed by atoms with Gasteiger partial charge in [0.25, 0.3) is 0 Å². The maximum absolute atomic E-state index is 3.70. The molecule has 2 heteroatoms. The third kappa shape index (κ3) is 3.82. The third-order valence-corrected chi connectivity index (χ3v) is 4.66. The predicted molar refractivity (Wildman–Crippen MR) is 76.7 cm³/mol. The number of thiophene rings is 1. The van der Waals surface area contributed by atoms with Crippen molar-refractivity contribution < 1.29 is 0 Å². The van der Waals surface area contributed by atoms with Gasteiger partial charge in [-0.05, 0) is 74.3 Å². The van der Waals surface area contributed by atoms with E-state index in [9.17, 15) is 0 Å². The highest BCUT2D eigenvalue weighted by molar-refractivity contribution is 7.07. The van der Waals surface area contributed by atoms with E-state index in [1.165, 1.54) is 44.2 Å². The molecule has 17 heavy (non-hydrogen) atoms. The van der Waals surface area contributed by atoms with Crippen LogP contribution in [0.15, 0.2) is 16.8 Å². The van der Waals surface area contributed by atoms with Gasteiger partial charge in [-0.15, -0.1) is 0 Å². The van der Waals surface area contributed by atoms with Crippen LogP contribution >= 0.6 is 11.3 Å². The van der Waals surface area contributed by atoms with Gasteiger partial charge in [-0.3, -0.25) is 0 Å². The van der Waals surface area contributed by atoms with Crippen LogP contribution in [0.25, 0.3) is 0 Å². The molecule has 0 unspecified atom stereocenters. The SMILES string of the molecule is CC(C)(C)NCC1(CCc2ccsc2)CCC1. The highest BCUT2D eigenvalue weighted by atomic mass is 32.1. The fourth-order valence-corrected chi connectivity index (χ4v) is 3.19. The molecule has 1 nitrogen and oxygen atoms in total. The van der Waals surface area contributed by atoms with E-state index in [1.807, 2.05) is 11.3 Å². The van der Waals surface area contributed by atoms with Crippen LogP contribution in [0.4, 0.5) is 0 Å². The minimum Gasteiger partial charge on any atom is -0.312 e. The molecule has 96 valence electrons. The van der Waals surface area contributed by atoms with Crippen molar-refractivity contribution in [2.75, 3.05) is 6.54 Å². The van der Waals surface area contributed by atoms with Gasteiger partial charge < -0.3 is 5.32 Å². The zero-order chi connectivity index (χ0) is 12.4. The molecule has 1 aromatic rings. The van der Waals surface area contributed by atoms with Crippen molar-refractivity contribution in [2.45, 2.75) is 58.4 Å². The molecule has 1 N–H and O–H groups in total. The van der Waals surface area contributed by atoms with E-state index >= 15 is 0 Å². The van der Waals surface area contributed by atoms with Gasteiger partial charge in [0.05, 0.1) is 0 Å². The Hall–Kier alpha value is -0.340. The smallest absolute Gasteiger partial charge is 0.00967 e. The molecule has 0 atom stereocenters. The quantitative estimate of drug-likeness (QED) is 0.825. The van der Waals surface area contributed by atoms with Gasteiger partial charge in [0, 0.05) is 12.1 Å². The predicted octanol–water partition coefficient (Wildman–Crippen LogP) is 4.24. The molecule has 0 aliphatic heterocycles. The Kier molecular flexibility index (Phi) is 3.94. The lowest BCUT2D eigenvalue weighted by atomic mass is 9.65. The van der Waals surface area contributed by atoms with Gasteiger partial charge in [0.15, 0.2) is 0 Å². The number of hydrogen-bond acceptors (Lipinski definition) is 2. The lowest BCUT2D eigenvalue weighted by Gasteiger charge is -2.44. The Morgan fingerprint density at radius 1 is 1.35 bits per heavy atom. The number of rotatable bonds is 5. The van der Waals surface area contributed by atoms with Crippen LogP contribution in [-0.4, -0.2) is 12.1 Å². The average Bonchev–Trinajstić information content (AvgIpc) is 2.66. The highest BCUT2D eigenvalue weighted by Gasteiger charge is 2.36. The van der Waals surface area contributed by atoms with Crippen LogP contribution in [0.5, 0.6) is 0 Å². The van der Waals surface area contributed by atoms with E-state index in [0.717, 1.165) is 0 Å². The summed E-state index contributed by atoms with van der Waals surface area (Å²) in [6, 6.07) is 2.27. The summed E-state index contributed by atoms with van der Waals surface area (Å²) in [6.45, 7) is 7.98. The van der Waals surface area contributed by atoms with Gasteiger partial charge in [-0.25, -0.2) is 0 Å². The maximum atomic E-state index is 3.70. The second-order valence-electron chi connectivity index (χ2n) is 6.59. The Bertz CT molecular complexity index is 330. The maximum Gasteiger partial charge on any atom is 0.00967 e. The van der Waals surface area contributed by atoms with Crippen LogP contribution in [-0.2, 0) is 6.42 Å². The Balaban J connectivity index is 1.82. The van der Waals surface area contributed by atoms with E-state index in [0.29, 0.717) is 5.41 Å². The van der Waals surface area contributed by atoms with Crippen molar-refractivity contribution in [1.82, 2.24) is 5.32 Å². The van der Waals surface area contributed by atoms with E-state index < -0.39 is 0 Å². The molecule has 1 saturated carbocycles. The largest absolute Gasteiger partial charge is 0.312 e. The van der Waals surface area contributed by atoms with Gasteiger partial charge in [0.1, 0.15) is 0 Å². The molecule has 0 bridgehead atoms. The van der Waals surface area contributed by atoms with E-state index in [-0.39, 0.29) is 5.54 Å². The lowest BCUT2D eigenvalue weighted by molar-refractivity contribution is 0.106. The zero-order valence-electron chi connectivity index (χ0n) is 11.4. The second-order valence-corrected chi connectivity index (χ2v) is 7.37. The fourth-order valence-electron chi connectivity index (χ4n) is 2.49. The normalized spacial score (nSPS) is 19.0. The summed E-state index contributed by atoms with van der Waals surface area (Å²) < 4.78 is 0.